The molecular formula is C36H32F5N3O. The summed E-state index contributed by atoms with van der Waals surface area (Å²) in [5.74, 6) is -0.474. The van der Waals surface area contributed by atoms with Crippen LogP contribution in [0.15, 0.2) is 108 Å². The molecule has 2 aliphatic heterocycles. The maximum atomic E-state index is 14.5. The summed E-state index contributed by atoms with van der Waals surface area (Å²) < 4.78 is 66.8. The summed E-state index contributed by atoms with van der Waals surface area (Å²) in [6, 6.07) is 26.2. The van der Waals surface area contributed by atoms with Crippen molar-refractivity contribution in [1.29, 1.82) is 0 Å². The van der Waals surface area contributed by atoms with Gasteiger partial charge in [-0.1, -0.05) is 66.7 Å². The van der Waals surface area contributed by atoms with Gasteiger partial charge in [-0.05, 0) is 97.9 Å². The lowest BCUT2D eigenvalue weighted by Gasteiger charge is -2.33. The first-order valence-corrected chi connectivity index (χ1v) is 15.0. The van der Waals surface area contributed by atoms with Crippen molar-refractivity contribution in [2.45, 2.75) is 36.9 Å². The van der Waals surface area contributed by atoms with E-state index < -0.39 is 28.9 Å². The van der Waals surface area contributed by atoms with Crippen molar-refractivity contribution in [3.05, 3.63) is 143 Å². The molecule has 0 unspecified atom stereocenters. The average molecular weight is 618 g/mol. The van der Waals surface area contributed by atoms with E-state index in [2.05, 4.69) is 4.90 Å². The van der Waals surface area contributed by atoms with E-state index in [-0.39, 0.29) is 11.8 Å². The van der Waals surface area contributed by atoms with E-state index in [0.717, 1.165) is 55.7 Å². The van der Waals surface area contributed by atoms with Crippen molar-refractivity contribution in [3.8, 4) is 0 Å². The van der Waals surface area contributed by atoms with Crippen molar-refractivity contribution < 1.29 is 26.7 Å². The number of benzene rings is 4. The predicted octanol–water partition coefficient (Wildman–Crippen LogP) is 7.79. The second-order valence-electron chi connectivity index (χ2n) is 11.6. The highest BCUT2D eigenvalue weighted by molar-refractivity contribution is 6.16. The predicted molar refractivity (Wildman–Crippen MR) is 163 cm³/mol. The number of alkyl halides is 3. The van der Waals surface area contributed by atoms with Crippen molar-refractivity contribution in [2.24, 2.45) is 4.99 Å². The van der Waals surface area contributed by atoms with Crippen LogP contribution >= 0.6 is 0 Å². The van der Waals surface area contributed by atoms with Gasteiger partial charge >= 0.3 is 6.18 Å². The Labute approximate surface area is 258 Å². The highest BCUT2D eigenvalue weighted by Gasteiger charge is 2.51. The third-order valence-corrected chi connectivity index (χ3v) is 8.79. The van der Waals surface area contributed by atoms with Gasteiger partial charge in [-0.2, -0.15) is 13.2 Å². The number of carbonyl (C=O) groups is 1. The first kappa shape index (κ1) is 30.6. The molecule has 9 heteroatoms. The summed E-state index contributed by atoms with van der Waals surface area (Å²) in [5.41, 5.74) is 0.512. The summed E-state index contributed by atoms with van der Waals surface area (Å²) in [4.78, 5) is 23.5. The Bertz CT molecular complexity index is 1600. The molecule has 4 aromatic carbocycles. The Morgan fingerprint density at radius 3 is 1.82 bits per heavy atom. The van der Waals surface area contributed by atoms with Crippen LogP contribution in [0.2, 0.25) is 0 Å². The number of halogens is 5. The summed E-state index contributed by atoms with van der Waals surface area (Å²) >= 11 is 0. The van der Waals surface area contributed by atoms with E-state index in [4.69, 9.17) is 4.99 Å². The number of carbonyl (C=O) groups excluding carboxylic acids is 1. The third kappa shape index (κ3) is 6.27. The molecule has 45 heavy (non-hydrogen) atoms. The molecule has 0 bridgehead atoms. The van der Waals surface area contributed by atoms with E-state index in [1.807, 2.05) is 30.3 Å². The minimum Gasteiger partial charge on any atom is -0.303 e. The Balaban J connectivity index is 1.19. The molecule has 0 aromatic heterocycles. The number of likely N-dealkylation sites (tertiary alicyclic amines) is 1. The van der Waals surface area contributed by atoms with E-state index >= 15 is 0 Å². The van der Waals surface area contributed by atoms with E-state index in [0.29, 0.717) is 29.9 Å². The number of amides is 1. The zero-order valence-electron chi connectivity index (χ0n) is 24.5. The SMILES string of the molecule is O=C1N(CCCN2CCC(c3ccc(C(F)(F)F)cc3)CC2)C(c2ccccc2)=NC1(c1ccc(F)cc1)c1ccc(F)cc1. The van der Waals surface area contributed by atoms with Crippen LogP contribution in [0.4, 0.5) is 22.0 Å². The molecule has 0 atom stereocenters. The number of hydrogen-bond acceptors (Lipinski definition) is 3. The smallest absolute Gasteiger partial charge is 0.303 e. The largest absolute Gasteiger partial charge is 0.416 e. The molecule has 232 valence electrons. The van der Waals surface area contributed by atoms with Crippen LogP contribution in [0.5, 0.6) is 0 Å². The summed E-state index contributed by atoms with van der Waals surface area (Å²) in [6.45, 7) is 2.71. The maximum absolute atomic E-state index is 14.5. The summed E-state index contributed by atoms with van der Waals surface area (Å²) in [5, 5.41) is 0. The molecular weight excluding hydrogens is 585 g/mol. The van der Waals surface area contributed by atoms with E-state index in [1.165, 1.54) is 24.3 Å². The average Bonchev–Trinajstić information content (AvgIpc) is 3.34. The molecule has 0 aliphatic carbocycles. The minimum absolute atomic E-state index is 0.201. The van der Waals surface area contributed by atoms with Crippen LogP contribution in [0.3, 0.4) is 0 Å². The van der Waals surface area contributed by atoms with Gasteiger partial charge in [0.1, 0.15) is 17.5 Å². The van der Waals surface area contributed by atoms with Gasteiger partial charge in [0.2, 0.25) is 0 Å². The lowest BCUT2D eigenvalue weighted by Crippen LogP contribution is -2.43. The molecule has 6 rings (SSSR count). The third-order valence-electron chi connectivity index (χ3n) is 8.79. The molecule has 2 heterocycles. The van der Waals surface area contributed by atoms with Crippen molar-refractivity contribution in [1.82, 2.24) is 9.80 Å². The molecule has 2 aliphatic rings. The maximum Gasteiger partial charge on any atom is 0.416 e. The second kappa shape index (κ2) is 12.6. The number of nitrogens with zero attached hydrogens (tertiary/aromatic N) is 3. The van der Waals surface area contributed by atoms with Crippen LogP contribution in [0, 0.1) is 11.6 Å². The van der Waals surface area contributed by atoms with E-state index in [1.54, 1.807) is 41.3 Å². The Morgan fingerprint density at radius 2 is 1.29 bits per heavy atom. The number of amidine groups is 1. The first-order valence-electron chi connectivity index (χ1n) is 15.0. The lowest BCUT2D eigenvalue weighted by molar-refractivity contribution is -0.137. The highest BCUT2D eigenvalue weighted by Crippen LogP contribution is 2.41. The monoisotopic (exact) mass is 617 g/mol. The summed E-state index contributed by atoms with van der Waals surface area (Å²) in [7, 11) is 0. The number of aliphatic imine (C=N–C) groups is 1. The van der Waals surface area contributed by atoms with Gasteiger partial charge in [-0.3, -0.25) is 9.69 Å². The number of piperidine rings is 1. The molecule has 0 spiro atoms. The highest BCUT2D eigenvalue weighted by atomic mass is 19.4. The van der Waals surface area contributed by atoms with Crippen molar-refractivity contribution >= 4 is 11.7 Å². The molecule has 0 radical (unpaired) electrons. The fourth-order valence-electron chi connectivity index (χ4n) is 6.39. The quantitative estimate of drug-likeness (QED) is 0.189. The molecule has 0 saturated carbocycles. The van der Waals surface area contributed by atoms with Gasteiger partial charge in [0.25, 0.3) is 5.91 Å². The standard InChI is InChI=1S/C36H32F5N3O/c37-31-15-11-28(12-16-31)35(29-13-17-32(38)18-14-29)34(45)44(33(42-35)27-5-2-1-3-6-27)22-4-21-43-23-19-26(20-24-43)25-7-9-30(10-8-25)36(39,40)41/h1-3,5-18,26H,4,19-24H2. The number of hydrogen-bond donors (Lipinski definition) is 0. The van der Waals surface area contributed by atoms with Crippen LogP contribution in [-0.2, 0) is 16.5 Å². The molecule has 1 amide bonds. The Hall–Kier alpha value is -4.37. The Morgan fingerprint density at radius 1 is 0.733 bits per heavy atom. The van der Waals surface area contributed by atoms with Crippen LogP contribution in [0.1, 0.15) is 53.0 Å². The molecule has 1 fully saturated rings. The van der Waals surface area contributed by atoms with Crippen molar-refractivity contribution in [2.75, 3.05) is 26.2 Å². The molecule has 1 saturated heterocycles. The van der Waals surface area contributed by atoms with Gasteiger partial charge in [-0.25, -0.2) is 13.8 Å². The minimum atomic E-state index is -4.35. The molecule has 0 N–H and O–H groups in total. The second-order valence-corrected chi connectivity index (χ2v) is 11.6. The van der Waals surface area contributed by atoms with Crippen molar-refractivity contribution in [3.63, 3.8) is 0 Å². The van der Waals surface area contributed by atoms with Crippen LogP contribution in [-0.4, -0.2) is 47.7 Å². The number of rotatable bonds is 8. The fraction of sp³-hybridized carbons (Fsp3) is 0.278. The van der Waals surface area contributed by atoms with Gasteiger partial charge in [-0.15, -0.1) is 0 Å². The zero-order chi connectivity index (χ0) is 31.6. The first-order chi connectivity index (χ1) is 21.6. The molecule has 4 aromatic rings. The molecule has 4 nitrogen and oxygen atoms in total. The normalized spacial score (nSPS) is 17.5. The van der Waals surface area contributed by atoms with Crippen LogP contribution in [0.25, 0.3) is 0 Å². The lowest BCUT2D eigenvalue weighted by atomic mass is 9.82. The van der Waals surface area contributed by atoms with Gasteiger partial charge in [0.05, 0.1) is 5.56 Å². The zero-order valence-corrected chi connectivity index (χ0v) is 24.5. The fourth-order valence-corrected chi connectivity index (χ4v) is 6.39. The Kier molecular flexibility index (Phi) is 8.55. The summed E-state index contributed by atoms with van der Waals surface area (Å²) in [6.07, 6.45) is -2.02. The van der Waals surface area contributed by atoms with Gasteiger partial charge in [0.15, 0.2) is 5.54 Å². The van der Waals surface area contributed by atoms with Gasteiger partial charge in [0, 0.05) is 12.1 Å². The topological polar surface area (TPSA) is 35.9 Å². The van der Waals surface area contributed by atoms with E-state index in [9.17, 15) is 26.7 Å². The van der Waals surface area contributed by atoms with Gasteiger partial charge < -0.3 is 4.90 Å². The van der Waals surface area contributed by atoms with Crippen LogP contribution < -0.4 is 0 Å².